The first-order valence-electron chi connectivity index (χ1n) is 9.65. The molecule has 28 heavy (non-hydrogen) atoms. The molecule has 1 aliphatic heterocycles. The molecule has 2 N–H and O–H groups in total. The van der Waals surface area contributed by atoms with Crippen molar-refractivity contribution in [2.24, 2.45) is 0 Å². The average Bonchev–Trinajstić information content (AvgIpc) is 2.75. The van der Waals surface area contributed by atoms with Crippen molar-refractivity contribution in [1.29, 1.82) is 0 Å². The van der Waals surface area contributed by atoms with Crippen LogP contribution in [0.2, 0.25) is 0 Å². The highest BCUT2D eigenvalue weighted by atomic mass is 16.5. The summed E-state index contributed by atoms with van der Waals surface area (Å²) < 4.78 is 5.40. The third kappa shape index (κ3) is 4.77. The minimum Gasteiger partial charge on any atom is -0.378 e. The maximum absolute atomic E-state index is 13.3. The molecule has 1 fully saturated rings. The Morgan fingerprint density at radius 1 is 1.07 bits per heavy atom. The fourth-order valence-electron chi connectivity index (χ4n) is 3.59. The SMILES string of the molecule is CNC(=O)c1ccc(C[NH+](C)[C@@H](C(=O)N2CCOCC2)c2ccccc2)cc1. The lowest BCUT2D eigenvalue weighted by Crippen LogP contribution is -3.09. The van der Waals surface area contributed by atoms with Gasteiger partial charge in [0.2, 0.25) is 0 Å². The maximum atomic E-state index is 13.3. The van der Waals surface area contributed by atoms with Crippen molar-refractivity contribution in [3.8, 4) is 0 Å². The monoisotopic (exact) mass is 382 g/mol. The van der Waals surface area contributed by atoms with Crippen LogP contribution in [0.5, 0.6) is 0 Å². The molecule has 2 aromatic carbocycles. The van der Waals surface area contributed by atoms with E-state index >= 15 is 0 Å². The normalized spacial score (nSPS) is 16.3. The minimum atomic E-state index is -0.280. The van der Waals surface area contributed by atoms with E-state index in [1.807, 2.05) is 66.5 Å². The van der Waals surface area contributed by atoms with Gasteiger partial charge in [0.25, 0.3) is 11.8 Å². The summed E-state index contributed by atoms with van der Waals surface area (Å²) in [5, 5.41) is 2.63. The second kappa shape index (κ2) is 9.48. The molecule has 0 radical (unpaired) electrons. The van der Waals surface area contributed by atoms with Crippen LogP contribution in [-0.4, -0.2) is 57.1 Å². The van der Waals surface area contributed by atoms with Gasteiger partial charge < -0.3 is 19.9 Å². The quantitative estimate of drug-likeness (QED) is 0.772. The molecule has 0 saturated carbocycles. The molecule has 148 valence electrons. The van der Waals surface area contributed by atoms with Gasteiger partial charge in [0.05, 0.1) is 20.3 Å². The zero-order valence-electron chi connectivity index (χ0n) is 16.5. The molecule has 0 aliphatic carbocycles. The molecule has 2 atom stereocenters. The van der Waals surface area contributed by atoms with Crippen LogP contribution in [0.15, 0.2) is 54.6 Å². The number of carbonyl (C=O) groups is 2. The first kappa shape index (κ1) is 20.0. The molecule has 0 aromatic heterocycles. The number of ether oxygens (including phenoxy) is 1. The number of morpholine rings is 1. The van der Waals surface area contributed by atoms with Gasteiger partial charge in [0.15, 0.2) is 6.04 Å². The molecule has 0 bridgehead atoms. The fraction of sp³-hybridized carbons (Fsp3) is 0.364. The van der Waals surface area contributed by atoms with E-state index in [1.54, 1.807) is 7.05 Å². The molecule has 1 heterocycles. The number of nitrogens with one attached hydrogen (secondary N) is 2. The predicted octanol–water partition coefficient (Wildman–Crippen LogP) is 0.661. The number of carbonyl (C=O) groups excluding carboxylic acids is 2. The highest BCUT2D eigenvalue weighted by Crippen LogP contribution is 2.15. The number of likely N-dealkylation sites (N-methyl/N-ethyl adjacent to an activating group) is 1. The van der Waals surface area contributed by atoms with Crippen LogP contribution in [0.1, 0.15) is 27.5 Å². The molecule has 6 heteroatoms. The molecule has 2 aromatic rings. The lowest BCUT2D eigenvalue weighted by Gasteiger charge is -2.32. The Kier molecular flexibility index (Phi) is 6.79. The highest BCUT2D eigenvalue weighted by Gasteiger charge is 2.33. The Labute approximate surface area is 166 Å². The molecule has 1 saturated heterocycles. The van der Waals surface area contributed by atoms with Crippen LogP contribution in [-0.2, 0) is 16.1 Å². The van der Waals surface area contributed by atoms with Gasteiger partial charge in [-0.25, -0.2) is 0 Å². The molecular formula is C22H28N3O3+. The van der Waals surface area contributed by atoms with Gasteiger partial charge >= 0.3 is 0 Å². The van der Waals surface area contributed by atoms with Gasteiger partial charge in [-0.05, 0) is 12.1 Å². The standard InChI is InChI=1S/C22H27N3O3/c1-23-21(26)19-10-8-17(9-11-19)16-24(2)20(18-6-4-3-5-7-18)22(27)25-12-14-28-15-13-25/h3-11,20H,12-16H2,1-2H3,(H,23,26)/p+1/t20-/m1/s1. The second-order valence-corrected chi connectivity index (χ2v) is 7.08. The highest BCUT2D eigenvalue weighted by molar-refractivity contribution is 5.93. The van der Waals surface area contributed by atoms with Crippen LogP contribution in [0.25, 0.3) is 0 Å². The Hall–Kier alpha value is -2.70. The fourth-order valence-corrected chi connectivity index (χ4v) is 3.59. The summed E-state index contributed by atoms with van der Waals surface area (Å²) in [4.78, 5) is 28.0. The number of benzene rings is 2. The van der Waals surface area contributed by atoms with E-state index in [9.17, 15) is 9.59 Å². The number of hydrogen-bond donors (Lipinski definition) is 2. The Bertz CT molecular complexity index is 786. The predicted molar refractivity (Wildman–Crippen MR) is 107 cm³/mol. The van der Waals surface area contributed by atoms with Crippen LogP contribution < -0.4 is 10.2 Å². The van der Waals surface area contributed by atoms with Crippen molar-refractivity contribution < 1.29 is 19.2 Å². The molecule has 2 amide bonds. The Morgan fingerprint density at radius 2 is 1.71 bits per heavy atom. The van der Waals surface area contributed by atoms with E-state index in [4.69, 9.17) is 4.74 Å². The molecule has 3 rings (SSSR count). The second-order valence-electron chi connectivity index (χ2n) is 7.08. The van der Waals surface area contributed by atoms with E-state index in [2.05, 4.69) is 5.32 Å². The molecule has 1 aliphatic rings. The lowest BCUT2D eigenvalue weighted by molar-refractivity contribution is -0.916. The summed E-state index contributed by atoms with van der Waals surface area (Å²) in [5.74, 6) is 0.0332. The van der Waals surface area contributed by atoms with Crippen molar-refractivity contribution >= 4 is 11.8 Å². The topological polar surface area (TPSA) is 63.1 Å². The van der Waals surface area contributed by atoms with Crippen molar-refractivity contribution in [2.45, 2.75) is 12.6 Å². The Balaban J connectivity index is 1.79. The number of nitrogens with zero attached hydrogens (tertiary/aromatic N) is 1. The van der Waals surface area contributed by atoms with Gasteiger partial charge in [-0.1, -0.05) is 42.5 Å². The van der Waals surface area contributed by atoms with E-state index < -0.39 is 0 Å². The maximum Gasteiger partial charge on any atom is 0.285 e. The number of hydrogen-bond acceptors (Lipinski definition) is 3. The van der Waals surface area contributed by atoms with Crippen molar-refractivity contribution in [2.75, 3.05) is 40.4 Å². The lowest BCUT2D eigenvalue weighted by atomic mass is 10.0. The third-order valence-electron chi connectivity index (χ3n) is 5.12. The van der Waals surface area contributed by atoms with Crippen LogP contribution in [0.4, 0.5) is 0 Å². The van der Waals surface area contributed by atoms with Crippen molar-refractivity contribution in [3.05, 3.63) is 71.3 Å². The summed E-state index contributed by atoms with van der Waals surface area (Å²) >= 11 is 0. The minimum absolute atomic E-state index is 0.100. The summed E-state index contributed by atoms with van der Waals surface area (Å²) in [6.07, 6.45) is 0. The average molecular weight is 382 g/mol. The van der Waals surface area contributed by atoms with E-state index in [0.717, 1.165) is 16.0 Å². The summed E-state index contributed by atoms with van der Waals surface area (Å²) in [7, 11) is 3.67. The number of rotatable bonds is 6. The summed E-state index contributed by atoms with van der Waals surface area (Å²) in [5.41, 5.74) is 2.73. The number of amides is 2. The third-order valence-corrected chi connectivity index (χ3v) is 5.12. The van der Waals surface area contributed by atoms with Crippen LogP contribution in [0, 0.1) is 0 Å². The first-order valence-corrected chi connectivity index (χ1v) is 9.65. The molecule has 6 nitrogen and oxygen atoms in total. The van der Waals surface area contributed by atoms with Gasteiger partial charge in [0, 0.05) is 36.8 Å². The summed E-state index contributed by atoms with van der Waals surface area (Å²) in [6, 6.07) is 17.2. The van der Waals surface area contributed by atoms with Gasteiger partial charge in [-0.2, -0.15) is 0 Å². The molecule has 1 unspecified atom stereocenters. The van der Waals surface area contributed by atoms with E-state index in [-0.39, 0.29) is 17.9 Å². The zero-order chi connectivity index (χ0) is 19.9. The van der Waals surface area contributed by atoms with Crippen LogP contribution >= 0.6 is 0 Å². The Morgan fingerprint density at radius 3 is 2.32 bits per heavy atom. The zero-order valence-corrected chi connectivity index (χ0v) is 16.5. The number of quaternary nitrogens is 1. The van der Waals surface area contributed by atoms with E-state index in [1.165, 1.54) is 0 Å². The summed E-state index contributed by atoms with van der Waals surface area (Å²) in [6.45, 7) is 3.14. The van der Waals surface area contributed by atoms with Gasteiger partial charge in [-0.3, -0.25) is 9.59 Å². The molecular weight excluding hydrogens is 354 g/mol. The van der Waals surface area contributed by atoms with Gasteiger partial charge in [0.1, 0.15) is 6.54 Å². The van der Waals surface area contributed by atoms with Crippen molar-refractivity contribution in [3.63, 3.8) is 0 Å². The van der Waals surface area contributed by atoms with E-state index in [0.29, 0.717) is 38.4 Å². The van der Waals surface area contributed by atoms with Crippen molar-refractivity contribution in [1.82, 2.24) is 10.2 Å². The molecule has 0 spiro atoms. The van der Waals surface area contributed by atoms with Crippen LogP contribution in [0.3, 0.4) is 0 Å². The first-order chi connectivity index (χ1) is 13.6. The smallest absolute Gasteiger partial charge is 0.285 e. The largest absolute Gasteiger partial charge is 0.378 e. The van der Waals surface area contributed by atoms with Gasteiger partial charge in [-0.15, -0.1) is 0 Å².